The molecule has 5 rings (SSSR count). The Labute approximate surface area is 171 Å². The Hall–Kier alpha value is -1.95. The minimum Gasteiger partial charge on any atom is -0.348 e. The minimum atomic E-state index is -0.433. The number of amides is 2. The van der Waals surface area contributed by atoms with Gasteiger partial charge in [-0.05, 0) is 75.2 Å². The number of carbonyl (C=O) groups is 2. The number of halogens is 1. The molecule has 1 aromatic rings. The van der Waals surface area contributed by atoms with Crippen molar-refractivity contribution < 1.29 is 14.0 Å². The molecule has 1 N–H and O–H groups in total. The lowest BCUT2D eigenvalue weighted by Crippen LogP contribution is -2.54. The number of nitrogens with zero attached hydrogens (tertiary/aromatic N) is 2. The van der Waals surface area contributed by atoms with Gasteiger partial charge in [-0.15, -0.1) is 0 Å². The molecule has 4 aliphatic rings. The first-order valence-electron chi connectivity index (χ1n) is 11.2. The number of nitrogens with one attached hydrogen (secondary N) is 1. The molecule has 156 valence electrons. The summed E-state index contributed by atoms with van der Waals surface area (Å²) >= 11 is 0. The summed E-state index contributed by atoms with van der Waals surface area (Å²) in [6.07, 6.45) is 8.05. The van der Waals surface area contributed by atoms with E-state index in [0.29, 0.717) is 23.1 Å². The lowest BCUT2D eigenvalue weighted by molar-refractivity contribution is -0.135. The van der Waals surface area contributed by atoms with Crippen LogP contribution in [0.2, 0.25) is 0 Å². The Bertz CT molecular complexity index is 795. The number of hydrogen-bond donors (Lipinski definition) is 1. The lowest BCUT2D eigenvalue weighted by atomic mass is 9.80. The number of carbonyl (C=O) groups excluding carboxylic acids is 2. The molecule has 3 aliphatic heterocycles. The molecular weight excluding hydrogens is 369 g/mol. The average Bonchev–Trinajstić information content (AvgIpc) is 3.60. The molecule has 5 nitrogen and oxygen atoms in total. The monoisotopic (exact) mass is 399 g/mol. The Morgan fingerprint density at radius 2 is 1.72 bits per heavy atom. The molecule has 1 aliphatic carbocycles. The van der Waals surface area contributed by atoms with Crippen molar-refractivity contribution in [2.24, 2.45) is 5.92 Å². The van der Waals surface area contributed by atoms with E-state index in [2.05, 4.69) is 10.2 Å². The van der Waals surface area contributed by atoms with E-state index >= 15 is 0 Å². The van der Waals surface area contributed by atoms with E-state index in [1.165, 1.54) is 44.5 Å². The fraction of sp³-hybridized carbons (Fsp3) is 0.652. The smallest absolute Gasteiger partial charge is 0.251 e. The van der Waals surface area contributed by atoms with E-state index in [4.69, 9.17) is 0 Å². The predicted molar refractivity (Wildman–Crippen MR) is 108 cm³/mol. The molecule has 3 fully saturated rings. The molecule has 2 atom stereocenters. The van der Waals surface area contributed by atoms with Crippen molar-refractivity contribution >= 4 is 11.8 Å². The molecule has 0 radical (unpaired) electrons. The number of piperidine rings is 2. The molecule has 6 heteroatoms. The second-order valence-corrected chi connectivity index (χ2v) is 9.20. The van der Waals surface area contributed by atoms with Crippen LogP contribution in [-0.2, 0) is 4.79 Å². The molecular formula is C23H30FN3O2. The molecule has 2 saturated heterocycles. The Kier molecular flexibility index (Phi) is 5.06. The summed E-state index contributed by atoms with van der Waals surface area (Å²) in [6.45, 7) is 3.93. The van der Waals surface area contributed by atoms with Crippen molar-refractivity contribution in [3.8, 4) is 0 Å². The Morgan fingerprint density at radius 1 is 1.00 bits per heavy atom. The first-order valence-corrected chi connectivity index (χ1v) is 11.2. The maximum absolute atomic E-state index is 13.8. The first-order chi connectivity index (χ1) is 14.1. The van der Waals surface area contributed by atoms with Crippen LogP contribution in [0.3, 0.4) is 0 Å². The normalized spacial score (nSPS) is 28.7. The third-order valence-corrected chi connectivity index (χ3v) is 7.33. The molecule has 29 heavy (non-hydrogen) atoms. The zero-order valence-electron chi connectivity index (χ0n) is 16.9. The van der Waals surface area contributed by atoms with E-state index in [-0.39, 0.29) is 23.8 Å². The Balaban J connectivity index is 1.34. The summed E-state index contributed by atoms with van der Waals surface area (Å²) in [5.74, 6) is -0.604. The van der Waals surface area contributed by atoms with Gasteiger partial charge in [0.05, 0.1) is 5.92 Å². The topological polar surface area (TPSA) is 52.7 Å². The van der Waals surface area contributed by atoms with Gasteiger partial charge in [0, 0.05) is 30.7 Å². The van der Waals surface area contributed by atoms with Crippen LogP contribution < -0.4 is 5.32 Å². The highest BCUT2D eigenvalue weighted by molar-refractivity contribution is 6.01. The second kappa shape index (κ2) is 7.71. The van der Waals surface area contributed by atoms with Gasteiger partial charge < -0.3 is 15.1 Å². The van der Waals surface area contributed by atoms with Crippen LogP contribution in [0, 0.1) is 11.7 Å². The molecule has 2 amide bonds. The van der Waals surface area contributed by atoms with Crippen molar-refractivity contribution in [3.63, 3.8) is 0 Å². The van der Waals surface area contributed by atoms with Crippen LogP contribution >= 0.6 is 0 Å². The van der Waals surface area contributed by atoms with E-state index in [0.717, 1.165) is 38.8 Å². The SMILES string of the molecule is O=C1N[C@H](C2CC2)[C@@H](C(=O)N2CCC(N3CCCCC3)CC2)c2ccc(F)cc21. The zero-order valence-corrected chi connectivity index (χ0v) is 16.9. The highest BCUT2D eigenvalue weighted by atomic mass is 19.1. The van der Waals surface area contributed by atoms with E-state index in [1.54, 1.807) is 6.07 Å². The molecule has 0 bridgehead atoms. The summed E-state index contributed by atoms with van der Waals surface area (Å²) in [6, 6.07) is 4.74. The number of hydrogen-bond acceptors (Lipinski definition) is 3. The summed E-state index contributed by atoms with van der Waals surface area (Å²) < 4.78 is 13.8. The molecule has 1 saturated carbocycles. The second-order valence-electron chi connectivity index (χ2n) is 9.20. The highest BCUT2D eigenvalue weighted by Crippen LogP contribution is 2.43. The van der Waals surface area contributed by atoms with Gasteiger partial charge in [-0.25, -0.2) is 4.39 Å². The van der Waals surface area contributed by atoms with Crippen molar-refractivity contribution in [2.75, 3.05) is 26.2 Å². The molecule has 3 heterocycles. The zero-order chi connectivity index (χ0) is 20.0. The summed E-state index contributed by atoms with van der Waals surface area (Å²) in [5.41, 5.74) is 1.03. The number of likely N-dealkylation sites (tertiary alicyclic amines) is 2. The maximum atomic E-state index is 13.8. The van der Waals surface area contributed by atoms with Crippen molar-refractivity contribution in [2.45, 2.75) is 62.9 Å². The molecule has 0 unspecified atom stereocenters. The van der Waals surface area contributed by atoms with Gasteiger partial charge in [-0.1, -0.05) is 12.5 Å². The summed E-state index contributed by atoms with van der Waals surface area (Å²) in [7, 11) is 0. The largest absolute Gasteiger partial charge is 0.348 e. The fourth-order valence-electron chi connectivity index (χ4n) is 5.57. The van der Waals surface area contributed by atoms with Crippen LogP contribution in [0.1, 0.15) is 66.8 Å². The summed E-state index contributed by atoms with van der Waals surface area (Å²) in [5, 5.41) is 3.03. The predicted octanol–water partition coefficient (Wildman–Crippen LogP) is 2.91. The number of benzene rings is 1. The molecule has 0 aromatic heterocycles. The van der Waals surface area contributed by atoms with Gasteiger partial charge in [-0.3, -0.25) is 9.59 Å². The first kappa shape index (κ1) is 19.0. The van der Waals surface area contributed by atoms with E-state index in [9.17, 15) is 14.0 Å². The van der Waals surface area contributed by atoms with Gasteiger partial charge in [0.2, 0.25) is 5.91 Å². The van der Waals surface area contributed by atoms with Crippen LogP contribution in [0.4, 0.5) is 4.39 Å². The van der Waals surface area contributed by atoms with Crippen LogP contribution in [0.25, 0.3) is 0 Å². The quantitative estimate of drug-likeness (QED) is 0.850. The lowest BCUT2D eigenvalue weighted by Gasteiger charge is -2.42. The third-order valence-electron chi connectivity index (χ3n) is 7.33. The van der Waals surface area contributed by atoms with Crippen molar-refractivity contribution in [1.82, 2.24) is 15.1 Å². The van der Waals surface area contributed by atoms with Gasteiger partial charge >= 0.3 is 0 Å². The third kappa shape index (κ3) is 3.67. The van der Waals surface area contributed by atoms with Crippen molar-refractivity contribution in [1.29, 1.82) is 0 Å². The van der Waals surface area contributed by atoms with E-state index < -0.39 is 5.82 Å². The standard InChI is InChI=1S/C23H30FN3O2/c24-16-6-7-18-19(14-16)22(28)25-21(15-4-5-15)20(18)23(29)27-12-8-17(9-13-27)26-10-2-1-3-11-26/h6-7,14-15,17,20-21H,1-5,8-13H2,(H,25,28)/t20-,21+/m0/s1. The van der Waals surface area contributed by atoms with Crippen molar-refractivity contribution in [3.05, 3.63) is 35.1 Å². The molecule has 1 aromatic carbocycles. The van der Waals surface area contributed by atoms with Gasteiger partial charge in [0.15, 0.2) is 0 Å². The maximum Gasteiger partial charge on any atom is 0.251 e. The Morgan fingerprint density at radius 3 is 2.41 bits per heavy atom. The fourth-order valence-corrected chi connectivity index (χ4v) is 5.57. The van der Waals surface area contributed by atoms with Crippen LogP contribution in [-0.4, -0.2) is 59.9 Å². The average molecular weight is 400 g/mol. The van der Waals surface area contributed by atoms with Gasteiger partial charge in [-0.2, -0.15) is 0 Å². The highest BCUT2D eigenvalue weighted by Gasteiger charge is 2.47. The van der Waals surface area contributed by atoms with E-state index in [1.807, 2.05) is 4.90 Å². The van der Waals surface area contributed by atoms with Gasteiger partial charge in [0.1, 0.15) is 5.82 Å². The number of fused-ring (bicyclic) bond motifs is 1. The summed E-state index contributed by atoms with van der Waals surface area (Å²) in [4.78, 5) is 30.7. The van der Waals surface area contributed by atoms with Gasteiger partial charge in [0.25, 0.3) is 5.91 Å². The number of rotatable bonds is 3. The van der Waals surface area contributed by atoms with Crippen LogP contribution in [0.15, 0.2) is 18.2 Å². The minimum absolute atomic E-state index is 0.104. The molecule has 0 spiro atoms. The van der Waals surface area contributed by atoms with Crippen LogP contribution in [0.5, 0.6) is 0 Å².